The molecule has 0 fully saturated rings. The predicted molar refractivity (Wildman–Crippen MR) is 86.6 cm³/mol. The molecule has 2 N–H and O–H groups in total. The molecule has 0 spiro atoms. The topological polar surface area (TPSA) is 50.4 Å². The molecule has 0 bridgehead atoms. The van der Waals surface area contributed by atoms with E-state index in [0.29, 0.717) is 6.54 Å². The molecule has 2 aromatic rings. The highest BCUT2D eigenvalue weighted by Crippen LogP contribution is 2.30. The van der Waals surface area contributed by atoms with E-state index < -0.39 is 0 Å². The van der Waals surface area contributed by atoms with E-state index in [1.165, 1.54) is 6.92 Å². The molecule has 0 unspecified atom stereocenters. The van der Waals surface area contributed by atoms with Crippen LogP contribution in [-0.2, 0) is 11.3 Å². The molecule has 0 atom stereocenters. The van der Waals surface area contributed by atoms with Crippen molar-refractivity contribution >= 4 is 44.5 Å². The van der Waals surface area contributed by atoms with Gasteiger partial charge in [-0.25, -0.2) is 0 Å². The van der Waals surface area contributed by atoms with Crippen LogP contribution in [0.5, 0.6) is 5.75 Å². The van der Waals surface area contributed by atoms with Gasteiger partial charge in [0.05, 0.1) is 25.0 Å². The Balaban J connectivity index is 2.11. The van der Waals surface area contributed by atoms with Gasteiger partial charge < -0.3 is 15.4 Å². The maximum Gasteiger partial charge on any atom is 0.221 e. The van der Waals surface area contributed by atoms with Gasteiger partial charge in [-0.05, 0) is 29.6 Å². The lowest BCUT2D eigenvalue weighted by atomic mass is 10.3. The van der Waals surface area contributed by atoms with E-state index in [1.54, 1.807) is 18.4 Å². The van der Waals surface area contributed by atoms with Crippen molar-refractivity contribution in [2.75, 3.05) is 17.7 Å². The van der Waals surface area contributed by atoms with Crippen LogP contribution in [0.2, 0.25) is 0 Å². The smallest absolute Gasteiger partial charge is 0.221 e. The van der Waals surface area contributed by atoms with Crippen molar-refractivity contribution in [3.63, 3.8) is 0 Å². The SMILES string of the molecule is COc1ccc(Br)cc1NCc1sccc1NC(C)=O. The number of anilines is 2. The second-order valence-electron chi connectivity index (χ2n) is 4.14. The maximum atomic E-state index is 11.1. The van der Waals surface area contributed by atoms with E-state index >= 15 is 0 Å². The monoisotopic (exact) mass is 354 g/mol. The van der Waals surface area contributed by atoms with Crippen LogP contribution in [0.4, 0.5) is 11.4 Å². The number of hydrogen-bond donors (Lipinski definition) is 2. The molecule has 4 nitrogen and oxygen atoms in total. The van der Waals surface area contributed by atoms with Crippen molar-refractivity contribution in [1.82, 2.24) is 0 Å². The van der Waals surface area contributed by atoms with Crippen LogP contribution in [0, 0.1) is 0 Å². The Hall–Kier alpha value is -1.53. The average molecular weight is 355 g/mol. The number of amides is 1. The molecule has 1 aromatic heterocycles. The van der Waals surface area contributed by atoms with Gasteiger partial charge in [-0.3, -0.25) is 4.79 Å². The summed E-state index contributed by atoms with van der Waals surface area (Å²) >= 11 is 5.04. The Labute approximate surface area is 130 Å². The van der Waals surface area contributed by atoms with Crippen molar-refractivity contribution in [2.45, 2.75) is 13.5 Å². The number of hydrogen-bond acceptors (Lipinski definition) is 4. The Morgan fingerprint density at radius 3 is 2.85 bits per heavy atom. The molecule has 1 amide bonds. The number of ether oxygens (including phenoxy) is 1. The highest BCUT2D eigenvalue weighted by molar-refractivity contribution is 9.10. The summed E-state index contributed by atoms with van der Waals surface area (Å²) in [6, 6.07) is 7.69. The van der Waals surface area contributed by atoms with Crippen molar-refractivity contribution in [3.8, 4) is 5.75 Å². The lowest BCUT2D eigenvalue weighted by Crippen LogP contribution is -2.08. The molecule has 2 rings (SSSR count). The van der Waals surface area contributed by atoms with Gasteiger partial charge in [0.2, 0.25) is 5.91 Å². The number of benzene rings is 1. The van der Waals surface area contributed by atoms with Crippen LogP contribution in [0.25, 0.3) is 0 Å². The van der Waals surface area contributed by atoms with Gasteiger partial charge in [-0.1, -0.05) is 15.9 Å². The summed E-state index contributed by atoms with van der Waals surface area (Å²) in [6.07, 6.45) is 0. The summed E-state index contributed by atoms with van der Waals surface area (Å²) in [5.74, 6) is 0.718. The molecule has 0 aliphatic rings. The minimum atomic E-state index is -0.0651. The lowest BCUT2D eigenvalue weighted by molar-refractivity contribution is -0.114. The maximum absolute atomic E-state index is 11.1. The number of thiophene rings is 1. The summed E-state index contributed by atoms with van der Waals surface area (Å²) in [4.78, 5) is 12.2. The van der Waals surface area contributed by atoms with Gasteiger partial charge >= 0.3 is 0 Å². The molecule has 6 heteroatoms. The van der Waals surface area contributed by atoms with E-state index in [-0.39, 0.29) is 5.91 Å². The van der Waals surface area contributed by atoms with E-state index in [0.717, 1.165) is 26.5 Å². The second kappa shape index (κ2) is 6.76. The lowest BCUT2D eigenvalue weighted by Gasteiger charge is -2.12. The Morgan fingerprint density at radius 2 is 2.15 bits per heavy atom. The molecule has 0 saturated heterocycles. The van der Waals surface area contributed by atoms with E-state index in [4.69, 9.17) is 4.74 Å². The molecule has 0 radical (unpaired) electrons. The number of carbonyl (C=O) groups excluding carboxylic acids is 1. The average Bonchev–Trinajstić information content (AvgIpc) is 2.83. The van der Waals surface area contributed by atoms with Crippen molar-refractivity contribution in [1.29, 1.82) is 0 Å². The van der Waals surface area contributed by atoms with Gasteiger partial charge in [0, 0.05) is 16.3 Å². The molecule has 1 heterocycles. The van der Waals surface area contributed by atoms with Crippen LogP contribution >= 0.6 is 27.3 Å². The molecule has 106 valence electrons. The first-order chi connectivity index (χ1) is 9.60. The third kappa shape index (κ3) is 3.74. The Kier molecular flexibility index (Phi) is 5.03. The number of carbonyl (C=O) groups is 1. The van der Waals surface area contributed by atoms with Crippen LogP contribution in [0.1, 0.15) is 11.8 Å². The van der Waals surface area contributed by atoms with Crippen LogP contribution in [-0.4, -0.2) is 13.0 Å². The summed E-state index contributed by atoms with van der Waals surface area (Å²) in [5, 5.41) is 8.10. The van der Waals surface area contributed by atoms with E-state index in [9.17, 15) is 4.79 Å². The van der Waals surface area contributed by atoms with Gasteiger partial charge in [0.25, 0.3) is 0 Å². The molecular weight excluding hydrogens is 340 g/mol. The van der Waals surface area contributed by atoms with E-state index in [1.807, 2.05) is 29.6 Å². The first-order valence-corrected chi connectivity index (χ1v) is 7.69. The van der Waals surface area contributed by atoms with Gasteiger partial charge in [-0.15, -0.1) is 11.3 Å². The van der Waals surface area contributed by atoms with Crippen LogP contribution in [0.15, 0.2) is 34.1 Å². The summed E-state index contributed by atoms with van der Waals surface area (Å²) in [6.45, 7) is 2.13. The van der Waals surface area contributed by atoms with Crippen LogP contribution < -0.4 is 15.4 Å². The molecule has 0 saturated carbocycles. The molecular formula is C14H15BrN2O2S. The third-order valence-electron chi connectivity index (χ3n) is 2.66. The summed E-state index contributed by atoms with van der Waals surface area (Å²) < 4.78 is 6.30. The fourth-order valence-electron chi connectivity index (χ4n) is 1.77. The van der Waals surface area contributed by atoms with Gasteiger partial charge in [-0.2, -0.15) is 0 Å². The highest BCUT2D eigenvalue weighted by atomic mass is 79.9. The minimum absolute atomic E-state index is 0.0651. The number of nitrogens with one attached hydrogen (secondary N) is 2. The quantitative estimate of drug-likeness (QED) is 0.849. The van der Waals surface area contributed by atoms with Crippen molar-refractivity contribution in [3.05, 3.63) is 39.0 Å². The predicted octanol–water partition coefficient (Wildman–Crippen LogP) is 4.09. The molecule has 0 aliphatic carbocycles. The molecule has 1 aromatic carbocycles. The number of halogens is 1. The van der Waals surface area contributed by atoms with Crippen LogP contribution in [0.3, 0.4) is 0 Å². The molecule has 0 aliphatic heterocycles. The van der Waals surface area contributed by atoms with Gasteiger partial charge in [0.1, 0.15) is 5.75 Å². The zero-order chi connectivity index (χ0) is 14.5. The zero-order valence-electron chi connectivity index (χ0n) is 11.2. The van der Waals surface area contributed by atoms with Crippen molar-refractivity contribution < 1.29 is 9.53 Å². The highest BCUT2D eigenvalue weighted by Gasteiger charge is 2.08. The summed E-state index contributed by atoms with van der Waals surface area (Å²) in [5.41, 5.74) is 1.76. The second-order valence-corrected chi connectivity index (χ2v) is 6.05. The number of rotatable bonds is 5. The zero-order valence-corrected chi connectivity index (χ0v) is 13.6. The summed E-state index contributed by atoms with van der Waals surface area (Å²) in [7, 11) is 1.64. The normalized spacial score (nSPS) is 10.2. The minimum Gasteiger partial charge on any atom is -0.495 e. The standard InChI is InChI=1S/C14H15BrN2O2S/c1-9(18)17-11-5-6-20-14(11)8-16-12-7-10(15)3-4-13(12)19-2/h3-7,16H,8H2,1-2H3,(H,17,18). The third-order valence-corrected chi connectivity index (χ3v) is 4.07. The number of methoxy groups -OCH3 is 1. The first-order valence-electron chi connectivity index (χ1n) is 6.01. The fourth-order valence-corrected chi connectivity index (χ4v) is 2.90. The van der Waals surface area contributed by atoms with Crippen molar-refractivity contribution in [2.24, 2.45) is 0 Å². The largest absolute Gasteiger partial charge is 0.495 e. The Morgan fingerprint density at radius 1 is 1.35 bits per heavy atom. The first kappa shape index (κ1) is 14.9. The molecule has 20 heavy (non-hydrogen) atoms. The van der Waals surface area contributed by atoms with Gasteiger partial charge in [0.15, 0.2) is 0 Å². The van der Waals surface area contributed by atoms with E-state index in [2.05, 4.69) is 26.6 Å². The Bertz CT molecular complexity index is 613. The fraction of sp³-hybridized carbons (Fsp3) is 0.214.